The number of carbonyl (C=O) groups excluding carboxylic acids is 3. The van der Waals surface area contributed by atoms with Crippen molar-refractivity contribution in [1.82, 2.24) is 5.32 Å². The molecule has 9 rings (SSSR count). The first-order valence-electron chi connectivity index (χ1n) is 28.2. The summed E-state index contributed by atoms with van der Waals surface area (Å²) in [6, 6.07) is 18.8. The van der Waals surface area contributed by atoms with Crippen LogP contribution in [0.15, 0.2) is 96.9 Å². The van der Waals surface area contributed by atoms with Gasteiger partial charge < -0.3 is 61.4 Å². The molecule has 10 atom stereocenters. The molecular formula is C60H80ClN2O14P. The van der Waals surface area contributed by atoms with Gasteiger partial charge in [0.15, 0.2) is 50.0 Å². The molecule has 1 aliphatic heterocycles. The standard InChI is InChI=1S/C60H79N2O14P.ClH/c1-58-27-26-47(63)33-46(58)23-24-48-49-34-54-60(59(49,2)35-50(64)55(48)58,76-57(75-54)42-19-9-6-10-20-42)53(66)39-72-56(67)44-21-15-29-62(37-44)38-45-32-43(22-25-52(45)73-40-74-77(68,69)70)51(65)36-61-28-12-3-4-13-30-71-31-14-11-18-41-16-7-5-8-17-41;/h5,7-8,15-17,21-22,25-27,29,32-33,37,42,48-51,54-55,57,61,64-65H,3-4,6,9-14,18-20,23-24,28,30-31,34-36,38-40H2,1-2H3,(H-,68,69,70);1H/t48-,49-,50-,51?,54+,55+,57+,58-,59-,60+;/m0./s1. The van der Waals surface area contributed by atoms with Crippen molar-refractivity contribution < 1.29 is 84.1 Å². The zero-order valence-corrected chi connectivity index (χ0v) is 46.8. The maximum atomic E-state index is 15.1. The molecule has 78 heavy (non-hydrogen) atoms. The maximum absolute atomic E-state index is 15.1. The van der Waals surface area contributed by atoms with E-state index in [2.05, 4.69) is 48.0 Å². The quantitative estimate of drug-likeness (QED) is 0.0224. The zero-order chi connectivity index (χ0) is 54.2. The number of aliphatic hydroxyl groups is 2. The number of nitrogens with one attached hydrogen (secondary N) is 1. The first-order valence-corrected chi connectivity index (χ1v) is 29.7. The van der Waals surface area contributed by atoms with Crippen LogP contribution in [0.3, 0.4) is 0 Å². The molecule has 5 aliphatic carbocycles. The van der Waals surface area contributed by atoms with Crippen molar-refractivity contribution in [3.63, 3.8) is 0 Å². The fourth-order valence-electron chi connectivity index (χ4n) is 14.1. The average molecular weight is 1120 g/mol. The minimum absolute atomic E-state index is 0. The number of ketones is 2. The number of allylic oxidation sites excluding steroid dienone is 4. The van der Waals surface area contributed by atoms with Crippen LogP contribution in [0.2, 0.25) is 0 Å². The highest BCUT2D eigenvalue weighted by Gasteiger charge is 2.76. The summed E-state index contributed by atoms with van der Waals surface area (Å²) in [6.07, 6.45) is 20.5. The lowest BCUT2D eigenvalue weighted by molar-refractivity contribution is -0.688. The fraction of sp³-hybridized carbons (Fsp3) is 0.600. The van der Waals surface area contributed by atoms with E-state index in [1.54, 1.807) is 59.4 Å². The third-order valence-corrected chi connectivity index (χ3v) is 18.4. The van der Waals surface area contributed by atoms with Crippen LogP contribution in [0.25, 0.3) is 0 Å². The summed E-state index contributed by atoms with van der Waals surface area (Å²) in [5.41, 5.74) is 0.903. The summed E-state index contributed by atoms with van der Waals surface area (Å²) in [4.78, 5) is 60.2. The number of fused-ring (bicyclic) bond motifs is 7. The molecule has 18 heteroatoms. The number of esters is 1. The minimum atomic E-state index is -4.83. The van der Waals surface area contributed by atoms with Crippen LogP contribution in [0.4, 0.5) is 0 Å². The molecule has 2 aromatic carbocycles. The third kappa shape index (κ3) is 13.6. The minimum Gasteiger partial charge on any atom is -1.00 e. The number of nitrogens with zero attached hydrogens (tertiary/aromatic N) is 1. The van der Waals surface area contributed by atoms with Crippen molar-refractivity contribution in [3.8, 4) is 5.75 Å². The van der Waals surface area contributed by atoms with Gasteiger partial charge in [-0.05, 0) is 130 Å². The smallest absolute Gasteiger partial charge is 0.472 e. The van der Waals surface area contributed by atoms with Crippen molar-refractivity contribution >= 4 is 25.4 Å². The molecule has 1 aromatic heterocycles. The lowest BCUT2D eigenvalue weighted by Gasteiger charge is -2.59. The Morgan fingerprint density at radius 3 is 2.50 bits per heavy atom. The van der Waals surface area contributed by atoms with Crippen molar-refractivity contribution in [3.05, 3.63) is 119 Å². The maximum Gasteiger partial charge on any atom is 0.472 e. The fourth-order valence-corrected chi connectivity index (χ4v) is 14.3. The van der Waals surface area contributed by atoms with E-state index in [1.807, 2.05) is 12.1 Å². The van der Waals surface area contributed by atoms with Crippen LogP contribution in [0.5, 0.6) is 5.75 Å². The molecule has 2 heterocycles. The molecule has 3 aromatic rings. The lowest BCUT2D eigenvalue weighted by Crippen LogP contribution is -3.00. The number of pyridine rings is 1. The first-order chi connectivity index (χ1) is 37.1. The normalized spacial score (nSPS) is 28.8. The predicted molar refractivity (Wildman–Crippen MR) is 285 cm³/mol. The van der Waals surface area contributed by atoms with Gasteiger partial charge in [-0.2, -0.15) is 4.57 Å². The molecule has 6 aliphatic rings. The summed E-state index contributed by atoms with van der Waals surface area (Å²) in [5, 5.41) is 26.9. The summed E-state index contributed by atoms with van der Waals surface area (Å²) < 4.78 is 49.1. The molecular weight excluding hydrogens is 1040 g/mol. The summed E-state index contributed by atoms with van der Waals surface area (Å²) >= 11 is 0. The van der Waals surface area contributed by atoms with Crippen molar-refractivity contribution in [2.45, 2.75) is 153 Å². The number of aromatic nitrogens is 1. The Kier molecular flexibility index (Phi) is 20.5. The largest absolute Gasteiger partial charge is 1.00 e. The van der Waals surface area contributed by atoms with E-state index in [0.717, 1.165) is 115 Å². The second-order valence-electron chi connectivity index (χ2n) is 22.9. The van der Waals surface area contributed by atoms with Crippen LogP contribution in [-0.4, -0.2) is 101 Å². The topological polar surface area (TPSA) is 220 Å². The Labute approximate surface area is 465 Å². The number of hydrogen-bond acceptors (Lipinski definition) is 13. The Morgan fingerprint density at radius 2 is 1.72 bits per heavy atom. The lowest BCUT2D eigenvalue weighted by atomic mass is 9.46. The Bertz CT molecular complexity index is 2640. The van der Waals surface area contributed by atoms with Gasteiger partial charge in [0, 0.05) is 48.5 Å². The number of rotatable bonds is 26. The molecule has 5 fully saturated rings. The highest BCUT2D eigenvalue weighted by molar-refractivity contribution is 7.46. The third-order valence-electron chi connectivity index (χ3n) is 18.0. The highest BCUT2D eigenvalue weighted by Crippen LogP contribution is 2.70. The van der Waals surface area contributed by atoms with E-state index in [-0.39, 0.29) is 65.5 Å². The summed E-state index contributed by atoms with van der Waals surface area (Å²) in [7, 11) is -4.83. The molecule has 16 nitrogen and oxygen atoms in total. The van der Waals surface area contributed by atoms with E-state index in [0.29, 0.717) is 30.5 Å². The molecule has 426 valence electrons. The van der Waals surface area contributed by atoms with Crippen LogP contribution in [0, 0.1) is 34.5 Å². The first kappa shape index (κ1) is 59.9. The molecule has 0 bridgehead atoms. The number of phosphoric ester groups is 1. The van der Waals surface area contributed by atoms with E-state index in [4.69, 9.17) is 23.7 Å². The van der Waals surface area contributed by atoms with Crippen LogP contribution in [-0.2, 0) is 50.6 Å². The van der Waals surface area contributed by atoms with Crippen LogP contribution in [0.1, 0.15) is 143 Å². The Hall–Kier alpha value is -4.16. The molecule has 0 amide bonds. The average Bonchev–Trinajstić information content (AvgIpc) is 3.57. The number of Topliss-reactive ketones (excluding diaryl/α,β-unsaturated/α-hetero) is 1. The molecule has 1 saturated heterocycles. The number of aliphatic hydroxyl groups excluding tert-OH is 2. The number of unbranched alkanes of at least 4 members (excludes halogenated alkanes) is 4. The van der Waals surface area contributed by atoms with E-state index in [9.17, 15) is 34.2 Å². The second-order valence-corrected chi connectivity index (χ2v) is 24.1. The number of carbonyl (C=O) groups is 3. The second kappa shape index (κ2) is 26.6. The number of ether oxygens (including phenoxy) is 5. The number of aryl methyl sites for hydroxylation is 1. The van der Waals surface area contributed by atoms with Crippen molar-refractivity contribution in [1.29, 1.82) is 0 Å². The van der Waals surface area contributed by atoms with Gasteiger partial charge in [0.05, 0.1) is 23.9 Å². The molecule has 0 radical (unpaired) electrons. The highest BCUT2D eigenvalue weighted by atomic mass is 35.5. The van der Waals surface area contributed by atoms with Crippen molar-refractivity contribution in [2.24, 2.45) is 34.5 Å². The van der Waals surface area contributed by atoms with Crippen LogP contribution >= 0.6 is 7.82 Å². The van der Waals surface area contributed by atoms with Crippen LogP contribution < -0.4 is 27.0 Å². The Morgan fingerprint density at radius 1 is 0.949 bits per heavy atom. The van der Waals surface area contributed by atoms with E-state index >= 15 is 4.79 Å². The van der Waals surface area contributed by atoms with Gasteiger partial charge in [-0.25, -0.2) is 13.9 Å². The van der Waals surface area contributed by atoms with Gasteiger partial charge in [0.2, 0.25) is 5.78 Å². The summed E-state index contributed by atoms with van der Waals surface area (Å²) in [6.45, 7) is 5.55. The van der Waals surface area contributed by atoms with Gasteiger partial charge >= 0.3 is 13.8 Å². The van der Waals surface area contributed by atoms with Gasteiger partial charge in [0.1, 0.15) is 11.3 Å². The zero-order valence-electron chi connectivity index (χ0n) is 45.2. The Balaban J connectivity index is 0.00000803. The van der Waals surface area contributed by atoms with E-state index in [1.165, 1.54) is 5.56 Å². The predicted octanol–water partition coefficient (Wildman–Crippen LogP) is 5.37. The molecule has 5 N–H and O–H groups in total. The molecule has 0 spiro atoms. The van der Waals surface area contributed by atoms with E-state index < -0.39 is 68.2 Å². The molecule has 4 saturated carbocycles. The number of phosphoric acid groups is 1. The number of hydrogen-bond donors (Lipinski definition) is 5. The van der Waals surface area contributed by atoms with Gasteiger partial charge in [-0.15, -0.1) is 0 Å². The summed E-state index contributed by atoms with van der Waals surface area (Å²) in [5.74, 6) is -0.921. The van der Waals surface area contributed by atoms with Gasteiger partial charge in [-0.3, -0.25) is 9.59 Å². The van der Waals surface area contributed by atoms with Crippen molar-refractivity contribution in [2.75, 3.05) is 39.7 Å². The monoisotopic (exact) mass is 1120 g/mol. The SMILES string of the molecule is C[C@]12C=CC(=O)C=C1CC[C@@H]1[C@@H]2[C@@H](O)C[C@@]2(C)[C@H]1C[C@H]1O[C@@H](C3CCCCC3)O[C@]12C(=O)COC(=O)c1ccc[n+](Cc2cc(C(O)CNCCCCCCOCCCCc3ccccc3)ccc2OCOP(=O)(O)O)c1.[Cl-]. The molecule has 1 unspecified atom stereocenters. The number of halogens is 1. The van der Waals surface area contributed by atoms with Gasteiger partial charge in [-0.1, -0.05) is 94.0 Å². The number of benzene rings is 2. The van der Waals surface area contributed by atoms with Gasteiger partial charge in [0.25, 0.3) is 0 Å².